The Kier molecular flexibility index (Phi) is 4.32. The van der Waals surface area contributed by atoms with Gasteiger partial charge in [-0.1, -0.05) is 19.9 Å². The van der Waals surface area contributed by atoms with E-state index in [0.717, 1.165) is 31.1 Å². The van der Waals surface area contributed by atoms with E-state index in [1.165, 1.54) is 18.4 Å². The minimum atomic E-state index is -0.129. The predicted octanol–water partition coefficient (Wildman–Crippen LogP) is 3.34. The Morgan fingerprint density at radius 1 is 1.33 bits per heavy atom. The fourth-order valence-electron chi connectivity index (χ4n) is 3.48. The molecular formula is C18H27FN2. The van der Waals surface area contributed by atoms with Crippen molar-refractivity contribution in [3.8, 4) is 0 Å². The van der Waals surface area contributed by atoms with Crippen LogP contribution in [0.3, 0.4) is 0 Å². The van der Waals surface area contributed by atoms with Crippen molar-refractivity contribution in [2.45, 2.75) is 52.2 Å². The first-order valence-corrected chi connectivity index (χ1v) is 8.27. The van der Waals surface area contributed by atoms with Crippen molar-refractivity contribution in [3.05, 3.63) is 35.1 Å². The van der Waals surface area contributed by atoms with Crippen LogP contribution in [-0.2, 0) is 6.54 Å². The van der Waals surface area contributed by atoms with Crippen LogP contribution in [0.5, 0.6) is 0 Å². The topological polar surface area (TPSA) is 15.3 Å². The Hall–Kier alpha value is -0.930. The number of rotatable bonds is 4. The lowest BCUT2D eigenvalue weighted by Crippen LogP contribution is -2.58. The van der Waals surface area contributed by atoms with Crippen LogP contribution in [-0.4, -0.2) is 30.1 Å². The molecule has 3 heteroatoms. The summed E-state index contributed by atoms with van der Waals surface area (Å²) in [6.07, 6.45) is 2.75. The summed E-state index contributed by atoms with van der Waals surface area (Å²) in [4.78, 5) is 2.64. The lowest BCUT2D eigenvalue weighted by Gasteiger charge is -2.42. The zero-order chi connectivity index (χ0) is 15.0. The van der Waals surface area contributed by atoms with E-state index in [1.807, 2.05) is 13.0 Å². The summed E-state index contributed by atoms with van der Waals surface area (Å²) in [5.74, 6) is 1.39. The third-order valence-corrected chi connectivity index (χ3v) is 5.14. The summed E-state index contributed by atoms with van der Waals surface area (Å²) < 4.78 is 13.3. The van der Waals surface area contributed by atoms with Crippen molar-refractivity contribution >= 4 is 0 Å². The van der Waals surface area contributed by atoms with E-state index in [-0.39, 0.29) is 5.82 Å². The summed E-state index contributed by atoms with van der Waals surface area (Å²) in [6.45, 7) is 9.77. The van der Waals surface area contributed by atoms with Gasteiger partial charge in [0.2, 0.25) is 0 Å². The van der Waals surface area contributed by atoms with Crippen molar-refractivity contribution in [1.29, 1.82) is 0 Å². The fraction of sp³-hybridized carbons (Fsp3) is 0.667. The average molecular weight is 290 g/mol. The molecule has 0 spiro atoms. The van der Waals surface area contributed by atoms with Gasteiger partial charge >= 0.3 is 0 Å². The van der Waals surface area contributed by atoms with Crippen LogP contribution in [0.25, 0.3) is 0 Å². The molecule has 0 radical (unpaired) electrons. The van der Waals surface area contributed by atoms with Crippen LogP contribution >= 0.6 is 0 Å². The van der Waals surface area contributed by atoms with Crippen LogP contribution in [0, 0.1) is 24.6 Å². The normalized spacial score (nSPS) is 27.3. The minimum absolute atomic E-state index is 0.129. The number of piperazine rings is 1. The molecule has 1 aromatic rings. The Labute approximate surface area is 127 Å². The van der Waals surface area contributed by atoms with E-state index in [4.69, 9.17) is 0 Å². The Balaban J connectivity index is 1.75. The Bertz CT molecular complexity index is 496. The smallest absolute Gasteiger partial charge is 0.123 e. The first-order valence-electron chi connectivity index (χ1n) is 8.27. The highest BCUT2D eigenvalue weighted by Crippen LogP contribution is 2.37. The molecule has 2 nitrogen and oxygen atoms in total. The van der Waals surface area contributed by atoms with E-state index in [1.54, 1.807) is 12.1 Å². The molecule has 2 unspecified atom stereocenters. The van der Waals surface area contributed by atoms with Crippen molar-refractivity contribution < 1.29 is 4.39 Å². The molecule has 2 aliphatic rings. The van der Waals surface area contributed by atoms with Gasteiger partial charge in [0.15, 0.2) is 0 Å². The van der Waals surface area contributed by atoms with Crippen molar-refractivity contribution in [3.63, 3.8) is 0 Å². The van der Waals surface area contributed by atoms with Gasteiger partial charge in [-0.3, -0.25) is 4.90 Å². The zero-order valence-electron chi connectivity index (χ0n) is 13.4. The summed E-state index contributed by atoms with van der Waals surface area (Å²) in [7, 11) is 0. The van der Waals surface area contributed by atoms with E-state index < -0.39 is 0 Å². The van der Waals surface area contributed by atoms with Crippen LogP contribution < -0.4 is 5.32 Å². The molecule has 0 bridgehead atoms. The summed E-state index contributed by atoms with van der Waals surface area (Å²) in [5.41, 5.74) is 2.34. The second-order valence-corrected chi connectivity index (χ2v) is 7.16. The molecule has 21 heavy (non-hydrogen) atoms. The molecule has 1 aliphatic heterocycles. The van der Waals surface area contributed by atoms with E-state index in [9.17, 15) is 4.39 Å². The maximum Gasteiger partial charge on any atom is 0.123 e. The number of aryl methyl sites for hydroxylation is 1. The van der Waals surface area contributed by atoms with Crippen molar-refractivity contribution in [2.24, 2.45) is 11.8 Å². The van der Waals surface area contributed by atoms with E-state index in [0.29, 0.717) is 18.0 Å². The van der Waals surface area contributed by atoms with Crippen molar-refractivity contribution in [2.75, 3.05) is 13.1 Å². The molecule has 1 saturated carbocycles. The van der Waals surface area contributed by atoms with Gasteiger partial charge in [-0.15, -0.1) is 0 Å². The van der Waals surface area contributed by atoms with Gasteiger partial charge in [-0.25, -0.2) is 4.39 Å². The second kappa shape index (κ2) is 6.05. The molecule has 1 saturated heterocycles. The molecule has 2 fully saturated rings. The number of halogens is 1. The number of nitrogens with zero attached hydrogens (tertiary/aromatic N) is 1. The molecule has 0 aromatic heterocycles. The van der Waals surface area contributed by atoms with E-state index in [2.05, 4.69) is 24.1 Å². The van der Waals surface area contributed by atoms with Crippen LogP contribution in [0.2, 0.25) is 0 Å². The third kappa shape index (κ3) is 3.46. The van der Waals surface area contributed by atoms with Gasteiger partial charge in [-0.2, -0.15) is 0 Å². The highest BCUT2D eigenvalue weighted by molar-refractivity contribution is 5.26. The highest BCUT2D eigenvalue weighted by atomic mass is 19.1. The molecule has 1 N–H and O–H groups in total. The maximum atomic E-state index is 13.3. The number of hydrogen-bond donors (Lipinski definition) is 1. The van der Waals surface area contributed by atoms with Crippen molar-refractivity contribution in [1.82, 2.24) is 10.2 Å². The first kappa shape index (κ1) is 15.0. The van der Waals surface area contributed by atoms with Gasteiger partial charge in [0, 0.05) is 31.7 Å². The fourth-order valence-corrected chi connectivity index (χ4v) is 3.48. The Morgan fingerprint density at radius 2 is 2.10 bits per heavy atom. The van der Waals surface area contributed by atoms with Crippen LogP contribution in [0.15, 0.2) is 18.2 Å². The molecular weight excluding hydrogens is 263 g/mol. The molecule has 0 amide bonds. The average Bonchev–Trinajstić information content (AvgIpc) is 3.26. The molecule has 1 heterocycles. The SMILES string of the molecule is Cc1cc(F)ccc1CN1CC(C(C)C)NCC1C1CC1. The summed E-state index contributed by atoms with van der Waals surface area (Å²) in [6, 6.07) is 6.44. The van der Waals surface area contributed by atoms with Gasteiger partial charge in [0.05, 0.1) is 0 Å². The second-order valence-electron chi connectivity index (χ2n) is 7.16. The number of benzene rings is 1. The Morgan fingerprint density at radius 3 is 2.71 bits per heavy atom. The molecule has 1 aromatic carbocycles. The zero-order valence-corrected chi connectivity index (χ0v) is 13.4. The largest absolute Gasteiger partial charge is 0.311 e. The first-order chi connectivity index (χ1) is 10.0. The van der Waals surface area contributed by atoms with Gasteiger partial charge in [0.1, 0.15) is 5.82 Å². The van der Waals surface area contributed by atoms with Crippen LogP contribution in [0.4, 0.5) is 4.39 Å². The van der Waals surface area contributed by atoms with Gasteiger partial charge in [0.25, 0.3) is 0 Å². The standard InChI is InChI=1S/C18H27FN2/c1-12(2)17-11-21(18(9-20-17)14-4-5-14)10-15-6-7-16(19)8-13(15)3/h6-8,12,14,17-18,20H,4-5,9-11H2,1-3H3. The monoisotopic (exact) mass is 290 g/mol. The molecule has 116 valence electrons. The number of hydrogen-bond acceptors (Lipinski definition) is 2. The summed E-state index contributed by atoms with van der Waals surface area (Å²) in [5, 5.41) is 3.73. The molecule has 3 rings (SSSR count). The van der Waals surface area contributed by atoms with Crippen LogP contribution in [0.1, 0.15) is 37.8 Å². The third-order valence-electron chi connectivity index (χ3n) is 5.14. The number of nitrogens with one attached hydrogen (secondary N) is 1. The molecule has 2 atom stereocenters. The van der Waals surface area contributed by atoms with Gasteiger partial charge < -0.3 is 5.32 Å². The quantitative estimate of drug-likeness (QED) is 0.915. The predicted molar refractivity (Wildman–Crippen MR) is 84.7 cm³/mol. The van der Waals surface area contributed by atoms with Gasteiger partial charge in [-0.05, 0) is 54.9 Å². The maximum absolute atomic E-state index is 13.3. The lowest BCUT2D eigenvalue weighted by molar-refractivity contribution is 0.0924. The highest BCUT2D eigenvalue weighted by Gasteiger charge is 2.39. The van der Waals surface area contributed by atoms with E-state index >= 15 is 0 Å². The summed E-state index contributed by atoms with van der Waals surface area (Å²) >= 11 is 0. The molecule has 1 aliphatic carbocycles. The minimum Gasteiger partial charge on any atom is -0.311 e. The lowest BCUT2D eigenvalue weighted by atomic mass is 9.96.